The Kier molecular flexibility index (Phi) is 5.22. The van der Waals surface area contributed by atoms with Crippen LogP contribution in [0.5, 0.6) is 0 Å². The molecule has 0 spiro atoms. The highest BCUT2D eigenvalue weighted by molar-refractivity contribution is 7.90. The summed E-state index contributed by atoms with van der Waals surface area (Å²) in [6, 6.07) is 11.1. The summed E-state index contributed by atoms with van der Waals surface area (Å²) in [5, 5.41) is 3.59. The van der Waals surface area contributed by atoms with Crippen molar-refractivity contribution in [3.05, 3.63) is 35.9 Å². The van der Waals surface area contributed by atoms with Gasteiger partial charge in [-0.15, -0.1) is 0 Å². The topological polar surface area (TPSA) is 46.2 Å². The van der Waals surface area contributed by atoms with Crippen molar-refractivity contribution in [1.29, 1.82) is 0 Å². The SMILES string of the molecule is C[C@H](CN[C@@H]1CCC[C@H]1c1ccccc1)CS(C)(=O)=O. The lowest BCUT2D eigenvalue weighted by molar-refractivity contribution is 0.438. The van der Waals surface area contributed by atoms with Crippen LogP contribution < -0.4 is 5.32 Å². The molecule has 2 rings (SSSR count). The van der Waals surface area contributed by atoms with Crippen LogP contribution >= 0.6 is 0 Å². The molecular weight excluding hydrogens is 270 g/mol. The third kappa shape index (κ3) is 4.60. The maximum absolute atomic E-state index is 11.3. The molecule has 1 aliphatic rings. The van der Waals surface area contributed by atoms with E-state index in [9.17, 15) is 8.42 Å². The maximum Gasteiger partial charge on any atom is 0.147 e. The summed E-state index contributed by atoms with van der Waals surface area (Å²) in [6.45, 7) is 2.78. The summed E-state index contributed by atoms with van der Waals surface area (Å²) in [6.07, 6.45) is 4.97. The fourth-order valence-corrected chi connectivity index (χ4v) is 4.38. The first kappa shape index (κ1) is 15.5. The monoisotopic (exact) mass is 295 g/mol. The third-order valence-electron chi connectivity index (χ3n) is 4.06. The Balaban J connectivity index is 1.89. The van der Waals surface area contributed by atoms with Gasteiger partial charge in [0.2, 0.25) is 0 Å². The first-order valence-corrected chi connectivity index (χ1v) is 9.48. The van der Waals surface area contributed by atoms with Crippen LogP contribution in [0, 0.1) is 5.92 Å². The molecule has 1 N–H and O–H groups in total. The van der Waals surface area contributed by atoms with E-state index in [2.05, 4.69) is 35.6 Å². The van der Waals surface area contributed by atoms with E-state index in [4.69, 9.17) is 0 Å². The third-order valence-corrected chi connectivity index (χ3v) is 5.23. The van der Waals surface area contributed by atoms with Crippen molar-refractivity contribution in [2.45, 2.75) is 38.1 Å². The van der Waals surface area contributed by atoms with Gasteiger partial charge >= 0.3 is 0 Å². The number of hydrogen-bond donors (Lipinski definition) is 1. The average Bonchev–Trinajstić information content (AvgIpc) is 2.83. The van der Waals surface area contributed by atoms with Crippen molar-refractivity contribution in [1.82, 2.24) is 5.32 Å². The lowest BCUT2D eigenvalue weighted by atomic mass is 9.94. The minimum atomic E-state index is -2.87. The molecule has 0 aliphatic heterocycles. The largest absolute Gasteiger partial charge is 0.313 e. The molecule has 0 amide bonds. The first-order valence-electron chi connectivity index (χ1n) is 7.42. The van der Waals surface area contributed by atoms with E-state index in [1.54, 1.807) is 0 Å². The van der Waals surface area contributed by atoms with Gasteiger partial charge in [0.15, 0.2) is 0 Å². The van der Waals surface area contributed by atoms with Crippen LogP contribution in [0.1, 0.15) is 37.7 Å². The summed E-state index contributed by atoms with van der Waals surface area (Å²) in [4.78, 5) is 0. The Morgan fingerprint density at radius 1 is 1.25 bits per heavy atom. The molecular formula is C16H25NO2S. The van der Waals surface area contributed by atoms with Crippen LogP contribution in [0.2, 0.25) is 0 Å². The van der Waals surface area contributed by atoms with Gasteiger partial charge in [0, 0.05) is 12.3 Å². The van der Waals surface area contributed by atoms with Gasteiger partial charge in [0.1, 0.15) is 9.84 Å². The van der Waals surface area contributed by atoms with E-state index in [1.165, 1.54) is 31.1 Å². The highest BCUT2D eigenvalue weighted by atomic mass is 32.2. The van der Waals surface area contributed by atoms with Gasteiger partial charge in [-0.2, -0.15) is 0 Å². The van der Waals surface area contributed by atoms with E-state index >= 15 is 0 Å². The van der Waals surface area contributed by atoms with E-state index in [1.807, 2.05) is 6.92 Å². The Labute approximate surface area is 122 Å². The first-order chi connectivity index (χ1) is 9.46. The van der Waals surface area contributed by atoms with Crippen LogP contribution in [0.4, 0.5) is 0 Å². The predicted molar refractivity (Wildman–Crippen MR) is 83.7 cm³/mol. The number of rotatable bonds is 6. The van der Waals surface area contributed by atoms with Crippen molar-refractivity contribution in [3.8, 4) is 0 Å². The Hall–Kier alpha value is -0.870. The molecule has 0 saturated heterocycles. The molecule has 0 heterocycles. The summed E-state index contributed by atoms with van der Waals surface area (Å²) < 4.78 is 22.6. The average molecular weight is 295 g/mol. The van der Waals surface area contributed by atoms with Gasteiger partial charge in [0.25, 0.3) is 0 Å². The summed E-state index contributed by atoms with van der Waals surface area (Å²) in [5.74, 6) is 1.01. The smallest absolute Gasteiger partial charge is 0.147 e. The van der Waals surface area contributed by atoms with Crippen LogP contribution in [-0.4, -0.2) is 33.0 Å². The molecule has 1 aromatic carbocycles. The highest BCUT2D eigenvalue weighted by Crippen LogP contribution is 2.34. The number of hydrogen-bond acceptors (Lipinski definition) is 3. The molecule has 1 saturated carbocycles. The van der Waals surface area contributed by atoms with Crippen molar-refractivity contribution >= 4 is 9.84 Å². The molecule has 3 nitrogen and oxygen atoms in total. The molecule has 0 unspecified atom stereocenters. The molecule has 112 valence electrons. The number of benzene rings is 1. The Morgan fingerprint density at radius 3 is 2.60 bits per heavy atom. The molecule has 4 heteroatoms. The quantitative estimate of drug-likeness (QED) is 0.877. The van der Waals surface area contributed by atoms with Gasteiger partial charge in [-0.1, -0.05) is 43.7 Å². The Bertz CT molecular complexity index is 513. The van der Waals surface area contributed by atoms with Crippen LogP contribution in [0.15, 0.2) is 30.3 Å². The zero-order valence-electron chi connectivity index (χ0n) is 12.4. The standard InChI is InChI=1S/C16H25NO2S/c1-13(12-20(2,18)19)11-17-16-10-6-9-15(16)14-7-4-3-5-8-14/h3-5,7-8,13,15-17H,6,9-12H2,1-2H3/t13-,15+,16-/m1/s1. The van der Waals surface area contributed by atoms with Gasteiger partial charge in [-0.3, -0.25) is 0 Å². The molecule has 0 radical (unpaired) electrons. The Morgan fingerprint density at radius 2 is 1.95 bits per heavy atom. The molecule has 0 bridgehead atoms. The van der Waals surface area contributed by atoms with Gasteiger partial charge in [-0.25, -0.2) is 8.42 Å². The second kappa shape index (κ2) is 6.72. The molecule has 20 heavy (non-hydrogen) atoms. The summed E-state index contributed by atoms with van der Waals surface area (Å²) in [5.41, 5.74) is 1.40. The molecule has 1 fully saturated rings. The number of nitrogens with one attached hydrogen (secondary N) is 1. The lowest BCUT2D eigenvalue weighted by Gasteiger charge is -2.23. The highest BCUT2D eigenvalue weighted by Gasteiger charge is 2.28. The fraction of sp³-hybridized carbons (Fsp3) is 0.625. The van der Waals surface area contributed by atoms with Gasteiger partial charge in [0.05, 0.1) is 5.75 Å². The molecule has 3 atom stereocenters. The van der Waals surface area contributed by atoms with E-state index in [0.717, 1.165) is 6.54 Å². The zero-order chi connectivity index (χ0) is 14.6. The maximum atomic E-state index is 11.3. The van der Waals surface area contributed by atoms with Crippen molar-refractivity contribution in [3.63, 3.8) is 0 Å². The van der Waals surface area contributed by atoms with Crippen LogP contribution in [0.25, 0.3) is 0 Å². The van der Waals surface area contributed by atoms with Crippen LogP contribution in [0.3, 0.4) is 0 Å². The van der Waals surface area contributed by atoms with E-state index < -0.39 is 9.84 Å². The van der Waals surface area contributed by atoms with Crippen molar-refractivity contribution in [2.24, 2.45) is 5.92 Å². The molecule has 1 aromatic rings. The van der Waals surface area contributed by atoms with Gasteiger partial charge in [-0.05, 0) is 36.8 Å². The molecule has 1 aliphatic carbocycles. The van der Waals surface area contributed by atoms with E-state index in [-0.39, 0.29) is 11.7 Å². The zero-order valence-corrected chi connectivity index (χ0v) is 13.2. The second-order valence-corrected chi connectivity index (χ2v) is 8.35. The van der Waals surface area contributed by atoms with Gasteiger partial charge < -0.3 is 5.32 Å². The second-order valence-electron chi connectivity index (χ2n) is 6.16. The fourth-order valence-electron chi connectivity index (χ4n) is 3.23. The van der Waals surface area contributed by atoms with Crippen molar-refractivity contribution in [2.75, 3.05) is 18.6 Å². The van der Waals surface area contributed by atoms with Crippen LogP contribution in [-0.2, 0) is 9.84 Å². The minimum absolute atomic E-state index is 0.169. The lowest BCUT2D eigenvalue weighted by Crippen LogP contribution is -2.36. The normalized spacial score (nSPS) is 24.7. The minimum Gasteiger partial charge on any atom is -0.313 e. The molecule has 0 aromatic heterocycles. The van der Waals surface area contributed by atoms with E-state index in [0.29, 0.717) is 12.0 Å². The summed E-state index contributed by atoms with van der Waals surface area (Å²) in [7, 11) is -2.87. The van der Waals surface area contributed by atoms with Crippen molar-refractivity contribution < 1.29 is 8.42 Å². The predicted octanol–water partition coefficient (Wildman–Crippen LogP) is 2.59. The summed E-state index contributed by atoms with van der Waals surface area (Å²) >= 11 is 0. The number of sulfone groups is 1.